The molecule has 104 valence electrons. The highest BCUT2D eigenvalue weighted by Crippen LogP contribution is 2.28. The van der Waals surface area contributed by atoms with Gasteiger partial charge in [0.1, 0.15) is 12.9 Å². The Balaban J connectivity index is 1.97. The van der Waals surface area contributed by atoms with Crippen molar-refractivity contribution in [1.29, 1.82) is 0 Å². The summed E-state index contributed by atoms with van der Waals surface area (Å²) in [4.78, 5) is 32.8. The van der Waals surface area contributed by atoms with Gasteiger partial charge in [-0.3, -0.25) is 9.59 Å². The maximum absolute atomic E-state index is 12.5. The van der Waals surface area contributed by atoms with Crippen molar-refractivity contribution in [2.45, 2.75) is 25.8 Å². The predicted octanol–water partition coefficient (Wildman–Crippen LogP) is 0.122. The molecule has 0 bridgehead atoms. The summed E-state index contributed by atoms with van der Waals surface area (Å²) in [7, 11) is 0. The van der Waals surface area contributed by atoms with Crippen LogP contribution >= 0.6 is 0 Å². The molecule has 1 aliphatic rings. The fourth-order valence-electron chi connectivity index (χ4n) is 2.15. The molecule has 3 rings (SSSR count). The summed E-state index contributed by atoms with van der Waals surface area (Å²) in [6.45, 7) is 1.45. The molecule has 2 aromatic rings. The second-order valence-corrected chi connectivity index (χ2v) is 4.79. The van der Waals surface area contributed by atoms with Gasteiger partial charge in [-0.2, -0.15) is 10.1 Å². The standard InChI is InChI=1S/C12H13N5O3/c1-7-9(4-13-12-14-6-15-17(7)12)11(20)16(5-10(18)19)8-2-3-8/h4,6,8H,2-3,5H2,1H3,(H,18,19). The topological polar surface area (TPSA) is 101 Å². The molecule has 2 heterocycles. The normalized spacial score (nSPS) is 14.4. The third-order valence-corrected chi connectivity index (χ3v) is 3.33. The molecule has 0 spiro atoms. The number of aromatic nitrogens is 4. The predicted molar refractivity (Wildman–Crippen MR) is 67.2 cm³/mol. The summed E-state index contributed by atoms with van der Waals surface area (Å²) >= 11 is 0. The molecular weight excluding hydrogens is 262 g/mol. The Bertz CT molecular complexity index is 691. The number of carbonyl (C=O) groups excluding carboxylic acids is 1. The van der Waals surface area contributed by atoms with Crippen molar-refractivity contribution in [3.63, 3.8) is 0 Å². The lowest BCUT2D eigenvalue weighted by molar-refractivity contribution is -0.137. The Kier molecular flexibility index (Phi) is 2.85. The number of hydrogen-bond donors (Lipinski definition) is 1. The highest BCUT2D eigenvalue weighted by Gasteiger charge is 2.35. The zero-order chi connectivity index (χ0) is 14.3. The Hall–Kier alpha value is -2.51. The van der Waals surface area contributed by atoms with Crippen molar-refractivity contribution < 1.29 is 14.7 Å². The Labute approximate surface area is 114 Å². The monoisotopic (exact) mass is 275 g/mol. The Morgan fingerprint density at radius 3 is 2.85 bits per heavy atom. The Morgan fingerprint density at radius 2 is 2.20 bits per heavy atom. The van der Waals surface area contributed by atoms with Gasteiger partial charge in [-0.25, -0.2) is 9.50 Å². The van der Waals surface area contributed by atoms with Crippen LogP contribution in [0.15, 0.2) is 12.5 Å². The number of nitrogens with zero attached hydrogens (tertiary/aromatic N) is 5. The number of carboxylic acid groups (broad SMARTS) is 1. The highest BCUT2D eigenvalue weighted by atomic mass is 16.4. The third-order valence-electron chi connectivity index (χ3n) is 3.33. The second kappa shape index (κ2) is 4.55. The SMILES string of the molecule is Cc1c(C(=O)N(CC(=O)O)C2CC2)cnc2ncnn12. The molecule has 20 heavy (non-hydrogen) atoms. The molecule has 0 aromatic carbocycles. The molecule has 1 aliphatic carbocycles. The molecule has 1 N–H and O–H groups in total. The minimum Gasteiger partial charge on any atom is -0.480 e. The first-order valence-electron chi connectivity index (χ1n) is 6.26. The number of aliphatic carboxylic acids is 1. The molecule has 1 saturated carbocycles. The van der Waals surface area contributed by atoms with E-state index in [1.165, 1.54) is 21.9 Å². The van der Waals surface area contributed by atoms with Crippen LogP contribution in [0.2, 0.25) is 0 Å². The van der Waals surface area contributed by atoms with E-state index in [9.17, 15) is 9.59 Å². The van der Waals surface area contributed by atoms with Gasteiger partial charge in [0, 0.05) is 12.2 Å². The summed E-state index contributed by atoms with van der Waals surface area (Å²) in [6, 6.07) is 0.0180. The van der Waals surface area contributed by atoms with Crippen LogP contribution < -0.4 is 0 Å². The number of aryl methyl sites for hydroxylation is 1. The summed E-state index contributed by atoms with van der Waals surface area (Å²) in [5, 5.41) is 12.9. The Morgan fingerprint density at radius 1 is 1.45 bits per heavy atom. The zero-order valence-corrected chi connectivity index (χ0v) is 10.9. The number of hydrogen-bond acceptors (Lipinski definition) is 5. The molecule has 0 saturated heterocycles. The third kappa shape index (κ3) is 2.09. The van der Waals surface area contributed by atoms with E-state index in [4.69, 9.17) is 5.11 Å². The van der Waals surface area contributed by atoms with Gasteiger partial charge in [0.2, 0.25) is 0 Å². The first-order valence-corrected chi connectivity index (χ1v) is 6.26. The molecule has 1 fully saturated rings. The smallest absolute Gasteiger partial charge is 0.323 e. The quantitative estimate of drug-likeness (QED) is 0.850. The van der Waals surface area contributed by atoms with Gasteiger partial charge in [-0.15, -0.1) is 0 Å². The molecule has 1 amide bonds. The van der Waals surface area contributed by atoms with Crippen LogP contribution in [-0.4, -0.2) is 54.1 Å². The van der Waals surface area contributed by atoms with E-state index in [0.29, 0.717) is 17.0 Å². The highest BCUT2D eigenvalue weighted by molar-refractivity contribution is 5.97. The lowest BCUT2D eigenvalue weighted by Gasteiger charge is -2.20. The van der Waals surface area contributed by atoms with Gasteiger partial charge in [-0.1, -0.05) is 0 Å². The molecule has 0 unspecified atom stereocenters. The van der Waals surface area contributed by atoms with Gasteiger partial charge in [0.25, 0.3) is 11.7 Å². The molecule has 0 radical (unpaired) electrons. The van der Waals surface area contributed by atoms with Crippen LogP contribution in [0.1, 0.15) is 28.9 Å². The number of carboxylic acids is 1. The van der Waals surface area contributed by atoms with Gasteiger partial charge in [0.05, 0.1) is 11.3 Å². The van der Waals surface area contributed by atoms with E-state index in [0.717, 1.165) is 12.8 Å². The molecular formula is C12H13N5O3. The van der Waals surface area contributed by atoms with E-state index >= 15 is 0 Å². The van der Waals surface area contributed by atoms with Crippen molar-refractivity contribution >= 4 is 17.7 Å². The molecule has 2 aromatic heterocycles. The van der Waals surface area contributed by atoms with E-state index < -0.39 is 5.97 Å². The average Bonchev–Trinajstić information content (AvgIpc) is 3.13. The van der Waals surface area contributed by atoms with Crippen molar-refractivity contribution in [1.82, 2.24) is 24.5 Å². The summed E-state index contributed by atoms with van der Waals surface area (Å²) < 4.78 is 1.47. The fraction of sp³-hybridized carbons (Fsp3) is 0.417. The molecule has 8 heteroatoms. The van der Waals surface area contributed by atoms with Crippen LogP contribution in [-0.2, 0) is 4.79 Å². The maximum Gasteiger partial charge on any atom is 0.323 e. The molecule has 0 aliphatic heterocycles. The van der Waals surface area contributed by atoms with Crippen LogP contribution in [0.25, 0.3) is 5.78 Å². The van der Waals surface area contributed by atoms with Crippen LogP contribution in [0.3, 0.4) is 0 Å². The molecule has 8 nitrogen and oxygen atoms in total. The number of amides is 1. The van der Waals surface area contributed by atoms with E-state index in [1.807, 2.05) is 0 Å². The fourth-order valence-corrected chi connectivity index (χ4v) is 2.15. The van der Waals surface area contributed by atoms with Crippen molar-refractivity contribution in [3.05, 3.63) is 23.8 Å². The van der Waals surface area contributed by atoms with Gasteiger partial charge in [-0.05, 0) is 19.8 Å². The first-order chi connectivity index (χ1) is 9.58. The first kappa shape index (κ1) is 12.5. The average molecular weight is 275 g/mol. The van der Waals surface area contributed by atoms with Crippen LogP contribution in [0.5, 0.6) is 0 Å². The van der Waals surface area contributed by atoms with Crippen molar-refractivity contribution in [2.24, 2.45) is 0 Å². The zero-order valence-electron chi connectivity index (χ0n) is 10.9. The van der Waals surface area contributed by atoms with Crippen molar-refractivity contribution in [3.8, 4) is 0 Å². The maximum atomic E-state index is 12.5. The number of fused-ring (bicyclic) bond motifs is 1. The lowest BCUT2D eigenvalue weighted by atomic mass is 10.2. The van der Waals surface area contributed by atoms with Crippen LogP contribution in [0, 0.1) is 6.92 Å². The van der Waals surface area contributed by atoms with Crippen molar-refractivity contribution in [2.75, 3.05) is 6.54 Å². The van der Waals surface area contributed by atoms with Gasteiger partial charge < -0.3 is 10.0 Å². The van der Waals surface area contributed by atoms with Gasteiger partial charge >= 0.3 is 5.97 Å². The summed E-state index contributed by atoms with van der Waals surface area (Å²) in [5.74, 6) is -0.926. The molecule has 0 atom stereocenters. The number of carbonyl (C=O) groups is 2. The lowest BCUT2D eigenvalue weighted by Crippen LogP contribution is -2.38. The van der Waals surface area contributed by atoms with Gasteiger partial charge in [0.15, 0.2) is 0 Å². The van der Waals surface area contributed by atoms with E-state index in [2.05, 4.69) is 15.1 Å². The minimum absolute atomic E-state index is 0.0180. The summed E-state index contributed by atoms with van der Waals surface area (Å²) in [6.07, 6.45) is 4.48. The summed E-state index contributed by atoms with van der Waals surface area (Å²) in [5.41, 5.74) is 0.963. The number of rotatable bonds is 4. The van der Waals surface area contributed by atoms with E-state index in [-0.39, 0.29) is 18.5 Å². The largest absolute Gasteiger partial charge is 0.480 e. The van der Waals surface area contributed by atoms with E-state index in [1.54, 1.807) is 6.92 Å². The minimum atomic E-state index is -1.02. The van der Waals surface area contributed by atoms with Crippen LogP contribution in [0.4, 0.5) is 0 Å². The second-order valence-electron chi connectivity index (χ2n) is 4.79.